The molecule has 0 radical (unpaired) electrons. The van der Waals surface area contributed by atoms with Crippen LogP contribution in [0.1, 0.15) is 26.2 Å². The SMILES string of the molecule is CCC(Nc1nccc(-c2ccc(OC)cc2Cl)c1[N+](=O)[O-])C1CC1. The van der Waals surface area contributed by atoms with Crippen molar-refractivity contribution in [2.24, 2.45) is 5.92 Å². The lowest BCUT2D eigenvalue weighted by atomic mass is 10.0. The fourth-order valence-electron chi connectivity index (χ4n) is 3.03. The van der Waals surface area contributed by atoms with Gasteiger partial charge in [-0.1, -0.05) is 18.5 Å². The van der Waals surface area contributed by atoms with E-state index in [9.17, 15) is 10.1 Å². The Bertz CT molecular complexity index is 793. The van der Waals surface area contributed by atoms with Gasteiger partial charge >= 0.3 is 5.69 Å². The number of nitrogens with one attached hydrogen (secondary N) is 1. The van der Waals surface area contributed by atoms with Gasteiger partial charge in [0, 0.05) is 17.8 Å². The Morgan fingerprint density at radius 2 is 2.16 bits per heavy atom. The summed E-state index contributed by atoms with van der Waals surface area (Å²) in [6, 6.07) is 6.93. The van der Waals surface area contributed by atoms with Crippen LogP contribution in [0.4, 0.5) is 11.5 Å². The lowest BCUT2D eigenvalue weighted by Crippen LogP contribution is -2.22. The van der Waals surface area contributed by atoms with E-state index < -0.39 is 4.92 Å². The zero-order valence-corrected chi connectivity index (χ0v) is 14.9. The number of aromatic nitrogens is 1. The molecule has 1 saturated carbocycles. The molecule has 7 heteroatoms. The van der Waals surface area contributed by atoms with Crippen LogP contribution >= 0.6 is 11.6 Å². The first-order valence-electron chi connectivity index (χ1n) is 8.29. The van der Waals surface area contributed by atoms with Gasteiger partial charge in [0.2, 0.25) is 5.82 Å². The van der Waals surface area contributed by atoms with Gasteiger partial charge in [0.25, 0.3) is 0 Å². The van der Waals surface area contributed by atoms with Gasteiger partial charge in [-0.05, 0) is 49.4 Å². The Morgan fingerprint density at radius 3 is 2.72 bits per heavy atom. The zero-order chi connectivity index (χ0) is 18.0. The van der Waals surface area contributed by atoms with Crippen molar-refractivity contribution < 1.29 is 9.66 Å². The summed E-state index contributed by atoms with van der Waals surface area (Å²) in [4.78, 5) is 15.6. The minimum absolute atomic E-state index is 0.0475. The number of halogens is 1. The van der Waals surface area contributed by atoms with Crippen LogP contribution in [0.2, 0.25) is 5.02 Å². The van der Waals surface area contributed by atoms with E-state index in [4.69, 9.17) is 16.3 Å². The first kappa shape index (κ1) is 17.5. The van der Waals surface area contributed by atoms with Crippen LogP contribution in [-0.2, 0) is 0 Å². The molecule has 0 bridgehead atoms. The summed E-state index contributed by atoms with van der Waals surface area (Å²) in [5.74, 6) is 1.47. The number of nitro groups is 1. The summed E-state index contributed by atoms with van der Waals surface area (Å²) in [5, 5.41) is 15.4. The Hall–Kier alpha value is -2.34. The number of hydrogen-bond donors (Lipinski definition) is 1. The third kappa shape index (κ3) is 3.69. The average Bonchev–Trinajstić information content (AvgIpc) is 3.44. The second-order valence-corrected chi connectivity index (χ2v) is 6.56. The van der Waals surface area contributed by atoms with E-state index >= 15 is 0 Å². The van der Waals surface area contributed by atoms with Crippen LogP contribution in [0.15, 0.2) is 30.5 Å². The normalized spacial score (nSPS) is 14.8. The minimum Gasteiger partial charge on any atom is -0.497 e. The number of hydrogen-bond acceptors (Lipinski definition) is 5. The van der Waals surface area contributed by atoms with Crippen molar-refractivity contribution in [3.8, 4) is 16.9 Å². The summed E-state index contributed by atoms with van der Waals surface area (Å²) >= 11 is 6.32. The van der Waals surface area contributed by atoms with Crippen LogP contribution in [-0.4, -0.2) is 23.1 Å². The first-order valence-corrected chi connectivity index (χ1v) is 8.66. The van der Waals surface area contributed by atoms with Gasteiger partial charge in [-0.3, -0.25) is 10.1 Å². The maximum Gasteiger partial charge on any atom is 0.319 e. The molecule has 0 saturated heterocycles. The van der Waals surface area contributed by atoms with Crippen molar-refractivity contribution in [3.63, 3.8) is 0 Å². The molecule has 25 heavy (non-hydrogen) atoms. The quantitative estimate of drug-likeness (QED) is 0.559. The smallest absolute Gasteiger partial charge is 0.319 e. The molecule has 1 aliphatic rings. The van der Waals surface area contributed by atoms with Gasteiger partial charge in [0.1, 0.15) is 5.75 Å². The highest BCUT2D eigenvalue weighted by molar-refractivity contribution is 6.33. The first-order chi connectivity index (χ1) is 12.0. The zero-order valence-electron chi connectivity index (χ0n) is 14.2. The molecule has 1 aromatic heterocycles. The molecule has 1 atom stereocenters. The van der Waals surface area contributed by atoms with E-state index in [0.717, 1.165) is 19.3 Å². The number of benzene rings is 1. The van der Waals surface area contributed by atoms with Crippen LogP contribution in [0.25, 0.3) is 11.1 Å². The van der Waals surface area contributed by atoms with Gasteiger partial charge in [-0.15, -0.1) is 0 Å². The fraction of sp³-hybridized carbons (Fsp3) is 0.389. The van der Waals surface area contributed by atoms with E-state index in [1.807, 2.05) is 0 Å². The Labute approximate surface area is 151 Å². The van der Waals surface area contributed by atoms with Crippen LogP contribution in [0.5, 0.6) is 5.75 Å². The molecule has 1 unspecified atom stereocenters. The lowest BCUT2D eigenvalue weighted by Gasteiger charge is -2.17. The highest BCUT2D eigenvalue weighted by Crippen LogP contribution is 2.41. The summed E-state index contributed by atoms with van der Waals surface area (Å²) < 4.78 is 5.14. The van der Waals surface area contributed by atoms with Gasteiger partial charge < -0.3 is 10.1 Å². The van der Waals surface area contributed by atoms with Gasteiger partial charge in [-0.2, -0.15) is 0 Å². The standard InChI is InChI=1S/C18H20ClN3O3/c1-3-16(11-4-5-11)21-18-17(22(23)24)14(8-9-20-18)13-7-6-12(25-2)10-15(13)19/h6-11,16H,3-5H2,1-2H3,(H,20,21). The maximum atomic E-state index is 11.8. The monoisotopic (exact) mass is 361 g/mol. The van der Waals surface area contributed by atoms with Crippen molar-refractivity contribution in [2.45, 2.75) is 32.2 Å². The van der Waals surface area contributed by atoms with Crippen molar-refractivity contribution in [2.75, 3.05) is 12.4 Å². The number of rotatable bonds is 7. The largest absolute Gasteiger partial charge is 0.497 e. The minimum atomic E-state index is -0.398. The Morgan fingerprint density at radius 1 is 1.40 bits per heavy atom. The lowest BCUT2D eigenvalue weighted by molar-refractivity contribution is -0.383. The maximum absolute atomic E-state index is 11.8. The fourth-order valence-corrected chi connectivity index (χ4v) is 3.30. The van der Waals surface area contributed by atoms with Crippen molar-refractivity contribution in [1.29, 1.82) is 0 Å². The molecule has 1 aromatic carbocycles. The molecule has 2 aromatic rings. The van der Waals surface area contributed by atoms with E-state index in [2.05, 4.69) is 17.2 Å². The second kappa shape index (κ2) is 7.27. The third-order valence-electron chi connectivity index (χ3n) is 4.53. The van der Waals surface area contributed by atoms with Gasteiger partial charge in [0.05, 0.1) is 22.6 Å². The second-order valence-electron chi connectivity index (χ2n) is 6.16. The Kier molecular flexibility index (Phi) is 5.08. The summed E-state index contributed by atoms with van der Waals surface area (Å²) in [7, 11) is 1.55. The van der Waals surface area contributed by atoms with E-state index in [0.29, 0.717) is 33.6 Å². The molecular formula is C18H20ClN3O3. The third-order valence-corrected chi connectivity index (χ3v) is 4.84. The molecule has 0 spiro atoms. The van der Waals surface area contributed by atoms with E-state index in [-0.39, 0.29) is 11.7 Å². The molecule has 1 N–H and O–H groups in total. The van der Waals surface area contributed by atoms with Gasteiger partial charge in [0.15, 0.2) is 0 Å². The van der Waals surface area contributed by atoms with E-state index in [1.165, 1.54) is 0 Å². The number of anilines is 1. The molecule has 1 heterocycles. The summed E-state index contributed by atoms with van der Waals surface area (Å²) in [5.41, 5.74) is 0.980. The predicted octanol–water partition coefficient (Wildman–Crippen LogP) is 4.92. The molecule has 6 nitrogen and oxygen atoms in total. The average molecular weight is 362 g/mol. The van der Waals surface area contributed by atoms with Crippen LogP contribution in [0, 0.1) is 16.0 Å². The summed E-state index contributed by atoms with van der Waals surface area (Å²) in [6.07, 6.45) is 4.79. The predicted molar refractivity (Wildman–Crippen MR) is 98.3 cm³/mol. The molecule has 0 amide bonds. The Balaban J connectivity index is 2.05. The van der Waals surface area contributed by atoms with Crippen LogP contribution < -0.4 is 10.1 Å². The molecule has 1 fully saturated rings. The van der Waals surface area contributed by atoms with Gasteiger partial charge in [-0.25, -0.2) is 4.98 Å². The summed E-state index contributed by atoms with van der Waals surface area (Å²) in [6.45, 7) is 2.08. The topological polar surface area (TPSA) is 77.3 Å². The molecule has 0 aliphatic heterocycles. The molecule has 1 aliphatic carbocycles. The highest BCUT2D eigenvalue weighted by Gasteiger charge is 2.32. The van der Waals surface area contributed by atoms with Crippen molar-refractivity contribution >= 4 is 23.1 Å². The number of pyridine rings is 1. The number of methoxy groups -OCH3 is 1. The molecular weight excluding hydrogens is 342 g/mol. The molecule has 3 rings (SSSR count). The number of ether oxygens (including phenoxy) is 1. The molecule has 132 valence electrons. The van der Waals surface area contributed by atoms with E-state index in [1.54, 1.807) is 37.6 Å². The van der Waals surface area contributed by atoms with Crippen molar-refractivity contribution in [1.82, 2.24) is 4.98 Å². The van der Waals surface area contributed by atoms with Crippen LogP contribution in [0.3, 0.4) is 0 Å². The highest BCUT2D eigenvalue weighted by atomic mass is 35.5. The number of nitrogens with zero attached hydrogens (tertiary/aromatic N) is 2. The van der Waals surface area contributed by atoms with Crippen molar-refractivity contribution in [3.05, 3.63) is 45.6 Å².